The molecule has 1 aliphatic rings. The number of thioether (sulfide) groups is 1. The Morgan fingerprint density at radius 3 is 2.89 bits per heavy atom. The molecule has 1 saturated heterocycles. The van der Waals surface area contributed by atoms with Gasteiger partial charge in [-0.25, -0.2) is 4.98 Å². The molecule has 0 amide bonds. The lowest BCUT2D eigenvalue weighted by Crippen LogP contribution is -2.46. The van der Waals surface area contributed by atoms with Gasteiger partial charge in [0.25, 0.3) is 0 Å². The molecule has 4 nitrogen and oxygen atoms in total. The van der Waals surface area contributed by atoms with E-state index >= 15 is 0 Å². The van der Waals surface area contributed by atoms with E-state index in [4.69, 9.17) is 10.2 Å². The highest BCUT2D eigenvalue weighted by Gasteiger charge is 2.33. The lowest BCUT2D eigenvalue weighted by Gasteiger charge is -2.40. The van der Waals surface area contributed by atoms with Crippen LogP contribution < -0.4 is 10.6 Å². The molecule has 5 heteroatoms. The van der Waals surface area contributed by atoms with Gasteiger partial charge in [-0.1, -0.05) is 0 Å². The lowest BCUT2D eigenvalue weighted by atomic mass is 9.95. The Balaban J connectivity index is 1.84. The van der Waals surface area contributed by atoms with E-state index in [0.29, 0.717) is 0 Å². The molecule has 3 rings (SSSR count). The molecule has 0 saturated carbocycles. The highest BCUT2D eigenvalue weighted by molar-refractivity contribution is 8.00. The fraction of sp³-hybridized carbons (Fsp3) is 0.500. The van der Waals surface area contributed by atoms with Gasteiger partial charge in [-0.3, -0.25) is 0 Å². The summed E-state index contributed by atoms with van der Waals surface area (Å²) in [6, 6.07) is 3.91. The predicted octanol–water partition coefficient (Wildman–Crippen LogP) is 2.49. The summed E-state index contributed by atoms with van der Waals surface area (Å²) in [4.78, 5) is 6.88. The van der Waals surface area contributed by atoms with E-state index in [0.717, 1.165) is 49.3 Å². The fourth-order valence-electron chi connectivity index (χ4n) is 2.75. The number of pyridine rings is 1. The van der Waals surface area contributed by atoms with Crippen LogP contribution in [0.15, 0.2) is 29.0 Å². The number of hydrogen-bond acceptors (Lipinski definition) is 5. The van der Waals surface area contributed by atoms with Gasteiger partial charge in [0.2, 0.25) is 0 Å². The summed E-state index contributed by atoms with van der Waals surface area (Å²) in [5.41, 5.74) is 6.84. The van der Waals surface area contributed by atoms with E-state index in [9.17, 15) is 0 Å². The topological polar surface area (TPSA) is 55.3 Å². The molecule has 0 atom stereocenters. The third kappa shape index (κ3) is 2.21. The number of anilines is 1. The van der Waals surface area contributed by atoms with Crippen LogP contribution in [0.25, 0.3) is 11.0 Å². The van der Waals surface area contributed by atoms with Crippen molar-refractivity contribution in [1.29, 1.82) is 0 Å². The Hall–Kier alpha value is -1.20. The Morgan fingerprint density at radius 1 is 1.42 bits per heavy atom. The number of furan rings is 1. The summed E-state index contributed by atoms with van der Waals surface area (Å²) in [6.07, 6.45) is 7.94. The molecular weight excluding hydrogens is 258 g/mol. The highest BCUT2D eigenvalue weighted by atomic mass is 32.2. The van der Waals surface area contributed by atoms with E-state index in [1.807, 2.05) is 30.1 Å². The zero-order valence-electron chi connectivity index (χ0n) is 11.1. The molecule has 0 bridgehead atoms. The third-order valence-corrected chi connectivity index (χ3v) is 5.58. The molecule has 102 valence electrons. The molecular formula is C14H19N3OS. The number of fused-ring (bicyclic) bond motifs is 1. The van der Waals surface area contributed by atoms with Crippen LogP contribution in [-0.4, -0.2) is 35.6 Å². The van der Waals surface area contributed by atoms with Crippen molar-refractivity contribution in [2.24, 2.45) is 5.73 Å². The largest absolute Gasteiger partial charge is 0.464 e. The van der Waals surface area contributed by atoms with Crippen molar-refractivity contribution in [2.45, 2.75) is 17.6 Å². The maximum atomic E-state index is 5.94. The summed E-state index contributed by atoms with van der Waals surface area (Å²) in [5, 5.41) is 1.10. The number of hydrogen-bond donors (Lipinski definition) is 1. The second-order valence-corrected chi connectivity index (χ2v) is 6.32. The molecule has 0 aliphatic carbocycles. The van der Waals surface area contributed by atoms with Crippen molar-refractivity contribution in [3.05, 3.63) is 24.6 Å². The molecule has 0 aromatic carbocycles. The normalized spacial score (nSPS) is 18.9. The summed E-state index contributed by atoms with van der Waals surface area (Å²) >= 11 is 1.91. The number of nitrogens with two attached hydrogens (primary N) is 1. The van der Waals surface area contributed by atoms with E-state index in [-0.39, 0.29) is 4.75 Å². The van der Waals surface area contributed by atoms with Crippen molar-refractivity contribution < 1.29 is 4.42 Å². The number of nitrogens with zero attached hydrogens (tertiary/aromatic N) is 2. The Kier molecular flexibility index (Phi) is 3.41. The first-order valence-corrected chi connectivity index (χ1v) is 7.83. The second-order valence-electron chi connectivity index (χ2n) is 5.05. The predicted molar refractivity (Wildman–Crippen MR) is 80.8 cm³/mol. The van der Waals surface area contributed by atoms with Crippen molar-refractivity contribution in [3.8, 4) is 0 Å². The minimum absolute atomic E-state index is 0.251. The van der Waals surface area contributed by atoms with Crippen LogP contribution in [0.4, 0.5) is 5.82 Å². The summed E-state index contributed by atoms with van der Waals surface area (Å²) in [5.74, 6) is 1.04. The minimum atomic E-state index is 0.251. The van der Waals surface area contributed by atoms with Gasteiger partial charge in [-0.2, -0.15) is 11.8 Å². The molecule has 1 fully saturated rings. The molecule has 0 unspecified atom stereocenters. The number of piperidine rings is 1. The zero-order valence-corrected chi connectivity index (χ0v) is 11.9. The quantitative estimate of drug-likeness (QED) is 0.934. The highest BCUT2D eigenvalue weighted by Crippen LogP contribution is 2.36. The van der Waals surface area contributed by atoms with Gasteiger partial charge < -0.3 is 15.1 Å². The van der Waals surface area contributed by atoms with Crippen LogP contribution >= 0.6 is 11.8 Å². The van der Waals surface area contributed by atoms with Gasteiger partial charge in [-0.15, -0.1) is 0 Å². The van der Waals surface area contributed by atoms with Crippen molar-refractivity contribution >= 4 is 28.5 Å². The molecule has 0 radical (unpaired) electrons. The maximum absolute atomic E-state index is 5.94. The lowest BCUT2D eigenvalue weighted by molar-refractivity contribution is 0.456. The molecule has 2 aromatic heterocycles. The van der Waals surface area contributed by atoms with Gasteiger partial charge >= 0.3 is 0 Å². The summed E-state index contributed by atoms with van der Waals surface area (Å²) < 4.78 is 5.69. The first-order valence-electron chi connectivity index (χ1n) is 6.60. The van der Waals surface area contributed by atoms with Gasteiger partial charge in [0.05, 0.1) is 11.6 Å². The minimum Gasteiger partial charge on any atom is -0.464 e. The van der Waals surface area contributed by atoms with Gasteiger partial charge in [0, 0.05) is 30.6 Å². The summed E-state index contributed by atoms with van der Waals surface area (Å²) in [7, 11) is 0. The van der Waals surface area contributed by atoms with E-state index in [1.165, 1.54) is 0 Å². The smallest absolute Gasteiger partial charge is 0.139 e. The third-order valence-electron chi connectivity index (χ3n) is 4.14. The SMILES string of the molecule is CSC1(CN)CCN(c2nccc3occc23)CC1. The number of aromatic nitrogens is 1. The van der Waals surface area contributed by atoms with Gasteiger partial charge in [0.15, 0.2) is 0 Å². The average Bonchev–Trinajstić information content (AvgIpc) is 2.96. The van der Waals surface area contributed by atoms with Crippen LogP contribution in [0.2, 0.25) is 0 Å². The fourth-order valence-corrected chi connectivity index (χ4v) is 3.51. The first-order chi connectivity index (χ1) is 9.28. The van der Waals surface area contributed by atoms with Crippen molar-refractivity contribution in [1.82, 2.24) is 4.98 Å². The Bertz CT molecular complexity index is 555. The van der Waals surface area contributed by atoms with Crippen LogP contribution in [0.1, 0.15) is 12.8 Å². The second kappa shape index (κ2) is 5.06. The van der Waals surface area contributed by atoms with Crippen LogP contribution in [-0.2, 0) is 0 Å². The first kappa shape index (κ1) is 12.8. The maximum Gasteiger partial charge on any atom is 0.139 e. The van der Waals surface area contributed by atoms with E-state index in [1.54, 1.807) is 6.26 Å². The van der Waals surface area contributed by atoms with Crippen molar-refractivity contribution in [3.63, 3.8) is 0 Å². The van der Waals surface area contributed by atoms with Gasteiger partial charge in [-0.05, 0) is 31.2 Å². The Labute approximate surface area is 117 Å². The van der Waals surface area contributed by atoms with E-state index in [2.05, 4.69) is 16.1 Å². The molecule has 2 aromatic rings. The standard InChI is InChI=1S/C14H19N3OS/c1-19-14(10-15)4-7-17(8-5-14)13-11-3-9-18-12(11)2-6-16-13/h2-3,6,9H,4-5,7-8,10,15H2,1H3. The molecule has 19 heavy (non-hydrogen) atoms. The molecule has 3 heterocycles. The van der Waals surface area contributed by atoms with E-state index < -0.39 is 0 Å². The Morgan fingerprint density at radius 2 is 2.21 bits per heavy atom. The molecule has 0 spiro atoms. The van der Waals surface area contributed by atoms with Crippen LogP contribution in [0.3, 0.4) is 0 Å². The average molecular weight is 277 g/mol. The zero-order chi connectivity index (χ0) is 13.3. The summed E-state index contributed by atoms with van der Waals surface area (Å²) in [6.45, 7) is 2.77. The number of rotatable bonds is 3. The van der Waals surface area contributed by atoms with Crippen LogP contribution in [0, 0.1) is 0 Å². The molecule has 2 N–H and O–H groups in total. The van der Waals surface area contributed by atoms with Crippen molar-refractivity contribution in [2.75, 3.05) is 30.8 Å². The monoisotopic (exact) mass is 277 g/mol. The van der Waals surface area contributed by atoms with Crippen LogP contribution in [0.5, 0.6) is 0 Å². The van der Waals surface area contributed by atoms with Gasteiger partial charge in [0.1, 0.15) is 11.4 Å². The molecule has 1 aliphatic heterocycles.